The van der Waals surface area contributed by atoms with Gasteiger partial charge in [-0.05, 0) is 31.2 Å². The number of fused-ring (bicyclic) bond motifs is 1. The lowest BCUT2D eigenvalue weighted by Crippen LogP contribution is -2.12. The average Bonchev–Trinajstić information content (AvgIpc) is 2.97. The first-order valence-electron chi connectivity index (χ1n) is 8.89. The predicted octanol–water partition coefficient (Wildman–Crippen LogP) is 4.91. The van der Waals surface area contributed by atoms with Crippen LogP contribution in [-0.2, 0) is 20.9 Å². The average molecular weight is 450 g/mol. The fourth-order valence-corrected chi connectivity index (χ4v) is 3.20. The molecule has 0 aliphatic rings. The molecular formula is C20H17Cl2N3O5. The maximum absolute atomic E-state index is 12.1. The van der Waals surface area contributed by atoms with Gasteiger partial charge in [-0.3, -0.25) is 14.2 Å². The Kier molecular flexibility index (Phi) is 6.91. The maximum Gasteiger partial charge on any atom is 0.326 e. The molecule has 1 N–H and O–H groups in total. The van der Waals surface area contributed by atoms with Gasteiger partial charge < -0.3 is 14.6 Å². The molecule has 2 aromatic carbocycles. The van der Waals surface area contributed by atoms with E-state index >= 15 is 0 Å². The van der Waals surface area contributed by atoms with E-state index in [4.69, 9.17) is 32.7 Å². The van der Waals surface area contributed by atoms with E-state index in [1.807, 2.05) is 0 Å². The molecule has 0 aliphatic carbocycles. The molecule has 30 heavy (non-hydrogen) atoms. The molecule has 10 heteroatoms. The lowest BCUT2D eigenvalue weighted by Gasteiger charge is -2.06. The summed E-state index contributed by atoms with van der Waals surface area (Å²) in [5, 5.41) is 19.2. The lowest BCUT2D eigenvalue weighted by atomic mass is 10.2. The fourth-order valence-electron chi connectivity index (χ4n) is 2.73. The van der Waals surface area contributed by atoms with Gasteiger partial charge in [0.15, 0.2) is 12.3 Å². The number of azo groups is 1. The van der Waals surface area contributed by atoms with Crippen molar-refractivity contribution in [2.45, 2.75) is 13.5 Å². The number of amides is 1. The highest BCUT2D eigenvalue weighted by Crippen LogP contribution is 2.38. The first-order chi connectivity index (χ1) is 14.4. The zero-order valence-electron chi connectivity index (χ0n) is 15.8. The Morgan fingerprint density at radius 2 is 1.93 bits per heavy atom. The van der Waals surface area contributed by atoms with Gasteiger partial charge in [0.25, 0.3) is 0 Å². The largest absolute Gasteiger partial charge is 0.493 e. The molecule has 0 saturated heterocycles. The van der Waals surface area contributed by atoms with Crippen LogP contribution in [0.2, 0.25) is 10.0 Å². The smallest absolute Gasteiger partial charge is 0.326 e. The Bertz CT molecular complexity index is 1130. The molecule has 8 nitrogen and oxygen atoms in total. The minimum Gasteiger partial charge on any atom is -0.493 e. The van der Waals surface area contributed by atoms with Crippen molar-refractivity contribution in [3.63, 3.8) is 0 Å². The number of carbonyl (C=O) groups is 2. The summed E-state index contributed by atoms with van der Waals surface area (Å²) in [7, 11) is 0. The number of aromatic hydroxyl groups is 1. The van der Waals surface area contributed by atoms with Crippen LogP contribution < -0.4 is 4.74 Å². The summed E-state index contributed by atoms with van der Waals surface area (Å²) in [5.41, 5.74) is 0.612. The van der Waals surface area contributed by atoms with Crippen LogP contribution in [0.4, 0.5) is 5.69 Å². The van der Waals surface area contributed by atoms with Gasteiger partial charge in [0.1, 0.15) is 12.3 Å². The molecular weight excluding hydrogens is 433 g/mol. The molecule has 0 saturated carbocycles. The van der Waals surface area contributed by atoms with Gasteiger partial charge in [-0.25, -0.2) is 0 Å². The van der Waals surface area contributed by atoms with Crippen molar-refractivity contribution in [2.24, 2.45) is 10.2 Å². The van der Waals surface area contributed by atoms with Crippen LogP contribution in [0.3, 0.4) is 0 Å². The molecule has 3 rings (SSSR count). The van der Waals surface area contributed by atoms with Crippen molar-refractivity contribution in [3.05, 3.63) is 52.5 Å². The van der Waals surface area contributed by atoms with E-state index in [0.717, 1.165) is 0 Å². The quantitative estimate of drug-likeness (QED) is 0.407. The number of ether oxygens (including phenoxy) is 2. The second-order valence-electron chi connectivity index (χ2n) is 6.04. The molecule has 3 aromatic rings. The SMILES string of the molecule is CCOC(=O)Cn1c(O)c(N=NC(=O)COc2ccc(Cl)cc2Cl)c2ccccc21. The van der Waals surface area contributed by atoms with Crippen LogP contribution in [0.25, 0.3) is 10.9 Å². The minimum absolute atomic E-state index is 0.0628. The summed E-state index contributed by atoms with van der Waals surface area (Å²) in [5.74, 6) is -1.23. The number of hydrogen-bond donors (Lipinski definition) is 1. The number of hydrogen-bond acceptors (Lipinski definition) is 6. The normalized spacial score (nSPS) is 11.2. The number of benzene rings is 2. The molecule has 0 radical (unpaired) electrons. The third-order valence-corrected chi connectivity index (χ3v) is 4.55. The maximum atomic E-state index is 12.1. The van der Waals surface area contributed by atoms with E-state index in [1.54, 1.807) is 37.3 Å². The summed E-state index contributed by atoms with van der Waals surface area (Å²) >= 11 is 11.8. The molecule has 1 amide bonds. The topological polar surface area (TPSA) is 102 Å². The Labute approximate surface area is 181 Å². The second kappa shape index (κ2) is 9.60. The molecule has 0 fully saturated rings. The van der Waals surface area contributed by atoms with Crippen molar-refractivity contribution in [1.82, 2.24) is 4.57 Å². The van der Waals surface area contributed by atoms with Crippen LogP contribution in [-0.4, -0.2) is 34.8 Å². The van der Waals surface area contributed by atoms with Gasteiger partial charge in [-0.2, -0.15) is 0 Å². The molecule has 0 aliphatic heterocycles. The molecule has 1 heterocycles. The summed E-state index contributed by atoms with van der Waals surface area (Å²) in [4.78, 5) is 23.9. The van der Waals surface area contributed by atoms with E-state index in [2.05, 4.69) is 10.2 Å². The molecule has 0 bridgehead atoms. The zero-order valence-corrected chi connectivity index (χ0v) is 17.4. The lowest BCUT2D eigenvalue weighted by molar-refractivity contribution is -0.143. The molecule has 0 atom stereocenters. The summed E-state index contributed by atoms with van der Waals surface area (Å²) in [6.45, 7) is 1.29. The van der Waals surface area contributed by atoms with Gasteiger partial charge in [0, 0.05) is 10.4 Å². The van der Waals surface area contributed by atoms with Crippen molar-refractivity contribution < 1.29 is 24.2 Å². The zero-order chi connectivity index (χ0) is 21.7. The number of rotatable bonds is 7. The Balaban J connectivity index is 1.79. The van der Waals surface area contributed by atoms with Gasteiger partial charge in [-0.15, -0.1) is 10.2 Å². The fraction of sp³-hybridized carbons (Fsp3) is 0.200. The number of esters is 1. The molecule has 0 unspecified atom stereocenters. The summed E-state index contributed by atoms with van der Waals surface area (Å²) < 4.78 is 11.6. The van der Waals surface area contributed by atoms with Crippen molar-refractivity contribution in [2.75, 3.05) is 13.2 Å². The monoisotopic (exact) mass is 449 g/mol. The van der Waals surface area contributed by atoms with Crippen LogP contribution in [0.15, 0.2) is 52.7 Å². The van der Waals surface area contributed by atoms with Crippen molar-refractivity contribution >= 4 is 51.7 Å². The number of halogens is 2. The van der Waals surface area contributed by atoms with Gasteiger partial charge in [0.05, 0.1) is 17.1 Å². The first kappa shape index (κ1) is 21.6. The van der Waals surface area contributed by atoms with Crippen molar-refractivity contribution in [1.29, 1.82) is 0 Å². The number of carbonyl (C=O) groups excluding carboxylic acids is 2. The van der Waals surface area contributed by atoms with Crippen molar-refractivity contribution in [3.8, 4) is 11.6 Å². The van der Waals surface area contributed by atoms with E-state index in [1.165, 1.54) is 16.7 Å². The van der Waals surface area contributed by atoms with E-state index in [0.29, 0.717) is 15.9 Å². The number of nitrogens with zero attached hydrogens (tertiary/aromatic N) is 3. The molecule has 156 valence electrons. The van der Waals surface area contributed by atoms with Crippen LogP contribution >= 0.6 is 23.2 Å². The second-order valence-corrected chi connectivity index (χ2v) is 6.88. The highest BCUT2D eigenvalue weighted by Gasteiger charge is 2.19. The summed E-state index contributed by atoms with van der Waals surface area (Å²) in [6, 6.07) is 11.5. The van der Waals surface area contributed by atoms with E-state index in [9.17, 15) is 14.7 Å². The Morgan fingerprint density at radius 1 is 1.17 bits per heavy atom. The van der Waals surface area contributed by atoms with E-state index < -0.39 is 18.5 Å². The Hall–Kier alpha value is -3.10. The standard InChI is InChI=1S/C20H17Cl2N3O5/c1-2-29-18(27)10-25-15-6-4-3-5-13(15)19(20(25)28)24-23-17(26)11-30-16-8-7-12(21)9-14(16)22/h3-9,28H,2,10-11H2,1H3. The third-order valence-electron chi connectivity index (χ3n) is 4.02. The number of aromatic nitrogens is 1. The Morgan fingerprint density at radius 3 is 2.67 bits per heavy atom. The number of para-hydroxylation sites is 1. The van der Waals surface area contributed by atoms with Crippen LogP contribution in [0, 0.1) is 0 Å². The highest BCUT2D eigenvalue weighted by molar-refractivity contribution is 6.35. The molecule has 1 aromatic heterocycles. The highest BCUT2D eigenvalue weighted by atomic mass is 35.5. The van der Waals surface area contributed by atoms with Crippen LogP contribution in [0.5, 0.6) is 11.6 Å². The van der Waals surface area contributed by atoms with Crippen LogP contribution in [0.1, 0.15) is 6.92 Å². The predicted molar refractivity (Wildman–Crippen MR) is 112 cm³/mol. The first-order valence-corrected chi connectivity index (χ1v) is 9.64. The van der Waals surface area contributed by atoms with E-state index in [-0.39, 0.29) is 35.5 Å². The minimum atomic E-state index is -0.692. The van der Waals surface area contributed by atoms with Gasteiger partial charge in [0.2, 0.25) is 5.88 Å². The summed E-state index contributed by atoms with van der Waals surface area (Å²) in [6.07, 6.45) is 0. The van der Waals surface area contributed by atoms with Gasteiger partial charge in [-0.1, -0.05) is 41.4 Å². The molecule has 0 spiro atoms. The van der Waals surface area contributed by atoms with Gasteiger partial charge >= 0.3 is 11.9 Å². The third kappa shape index (κ3) is 4.90.